The lowest BCUT2D eigenvalue weighted by atomic mass is 9.65. The maximum Gasteiger partial charge on any atom is 0.179 e. The SMILES string of the molecule is C=C/C=C(BC/C(C)=C/N=C(\C)CC=C/C=C\N=C/C)\C=N/CF. The zero-order valence-corrected chi connectivity index (χ0v) is 15.0. The van der Waals surface area contributed by atoms with E-state index in [9.17, 15) is 4.39 Å². The van der Waals surface area contributed by atoms with Gasteiger partial charge in [0.25, 0.3) is 0 Å². The van der Waals surface area contributed by atoms with Crippen LogP contribution < -0.4 is 0 Å². The molecule has 0 aliphatic carbocycles. The average Bonchev–Trinajstić information content (AvgIpc) is 2.58. The molecule has 0 saturated heterocycles. The van der Waals surface area contributed by atoms with Crippen molar-refractivity contribution in [2.45, 2.75) is 33.5 Å². The molecule has 0 radical (unpaired) electrons. The van der Waals surface area contributed by atoms with E-state index in [-0.39, 0.29) is 0 Å². The van der Waals surface area contributed by atoms with Gasteiger partial charge in [-0.2, -0.15) is 0 Å². The topological polar surface area (TPSA) is 37.1 Å². The van der Waals surface area contributed by atoms with Crippen molar-refractivity contribution in [2.75, 3.05) is 6.80 Å². The lowest BCUT2D eigenvalue weighted by Crippen LogP contribution is -1.99. The molecule has 0 amide bonds. The molecule has 0 aromatic heterocycles. The number of rotatable bonds is 11. The average molecular weight is 327 g/mol. The number of alkyl halides is 1. The van der Waals surface area contributed by atoms with Crippen LogP contribution in [0.15, 0.2) is 75.4 Å². The molecular weight excluding hydrogens is 300 g/mol. The molecule has 3 nitrogen and oxygen atoms in total. The fourth-order valence-electron chi connectivity index (χ4n) is 1.68. The minimum absolute atomic E-state index is 0.694. The highest BCUT2D eigenvalue weighted by Gasteiger charge is 1.98. The van der Waals surface area contributed by atoms with Gasteiger partial charge in [-0.15, -0.1) is 0 Å². The zero-order valence-electron chi connectivity index (χ0n) is 15.0. The van der Waals surface area contributed by atoms with Gasteiger partial charge >= 0.3 is 0 Å². The van der Waals surface area contributed by atoms with E-state index in [0.29, 0.717) is 0 Å². The molecule has 0 rings (SSSR count). The van der Waals surface area contributed by atoms with Gasteiger partial charge in [-0.05, 0) is 26.8 Å². The highest BCUT2D eigenvalue weighted by atomic mass is 19.1. The first-order chi connectivity index (χ1) is 11.6. The van der Waals surface area contributed by atoms with E-state index in [2.05, 4.69) is 21.6 Å². The second kappa shape index (κ2) is 15.6. The van der Waals surface area contributed by atoms with Gasteiger partial charge in [0.2, 0.25) is 0 Å². The molecule has 128 valence electrons. The van der Waals surface area contributed by atoms with Crippen molar-refractivity contribution in [1.29, 1.82) is 0 Å². The standard InChI is InChI=1S/C19H27BFN3/c1-5-10-19(15-23-16-21)20-13-17(3)14-24-18(4)11-8-7-9-12-22-6-2/h5-10,12,14-15,20H,1,11,13,16H2,2-4H3/b8-7?,12-9-,17-14+,19-10+,22-6-,23-15-,24-18+. The van der Waals surface area contributed by atoms with Gasteiger partial charge in [0.1, 0.15) is 0 Å². The molecule has 0 aliphatic heterocycles. The lowest BCUT2D eigenvalue weighted by Gasteiger charge is -2.00. The predicted molar refractivity (Wildman–Crippen MR) is 109 cm³/mol. The third-order valence-corrected chi connectivity index (χ3v) is 2.95. The van der Waals surface area contributed by atoms with E-state index in [1.807, 2.05) is 51.3 Å². The van der Waals surface area contributed by atoms with E-state index in [1.54, 1.807) is 24.7 Å². The molecule has 0 saturated carbocycles. The Hall–Kier alpha value is -2.30. The summed E-state index contributed by atoms with van der Waals surface area (Å²) in [6.07, 6.45) is 18.0. The molecule has 0 spiro atoms. The molecule has 0 aromatic carbocycles. The normalized spacial score (nSPS) is 14.6. The van der Waals surface area contributed by atoms with Crippen LogP contribution in [0.3, 0.4) is 0 Å². The minimum Gasteiger partial charge on any atom is -0.269 e. The van der Waals surface area contributed by atoms with Gasteiger partial charge in [-0.3, -0.25) is 15.0 Å². The Labute approximate surface area is 146 Å². The van der Waals surface area contributed by atoms with Crippen molar-refractivity contribution in [3.8, 4) is 0 Å². The van der Waals surface area contributed by atoms with Gasteiger partial charge in [0.05, 0.1) is 0 Å². The maximum absolute atomic E-state index is 12.1. The summed E-state index contributed by atoms with van der Waals surface area (Å²) in [5.74, 6) is 0. The van der Waals surface area contributed by atoms with Crippen molar-refractivity contribution in [1.82, 2.24) is 0 Å². The van der Waals surface area contributed by atoms with Gasteiger partial charge < -0.3 is 0 Å². The molecule has 5 heteroatoms. The summed E-state index contributed by atoms with van der Waals surface area (Å²) in [7, 11) is 0.787. The van der Waals surface area contributed by atoms with Gasteiger partial charge in [0.15, 0.2) is 14.1 Å². The Morgan fingerprint density at radius 3 is 2.71 bits per heavy atom. The highest BCUT2D eigenvalue weighted by molar-refractivity contribution is 6.52. The second-order valence-corrected chi connectivity index (χ2v) is 5.13. The van der Waals surface area contributed by atoms with E-state index in [4.69, 9.17) is 0 Å². The van der Waals surface area contributed by atoms with Crippen molar-refractivity contribution in [2.24, 2.45) is 15.0 Å². The van der Waals surface area contributed by atoms with Crippen LogP contribution in [0.4, 0.5) is 4.39 Å². The summed E-state index contributed by atoms with van der Waals surface area (Å²) in [4.78, 5) is 12.1. The lowest BCUT2D eigenvalue weighted by molar-refractivity contribution is 0.514. The molecule has 0 bridgehead atoms. The molecule has 0 atom stereocenters. The molecule has 24 heavy (non-hydrogen) atoms. The number of allylic oxidation sites excluding steroid dienone is 7. The van der Waals surface area contributed by atoms with E-state index in [0.717, 1.165) is 31.2 Å². The largest absolute Gasteiger partial charge is 0.269 e. The summed E-state index contributed by atoms with van der Waals surface area (Å²) in [6.45, 7) is 8.88. The Bertz CT molecular complexity index is 567. The fraction of sp³-hybridized carbons (Fsp3) is 0.316. The Kier molecular flexibility index (Phi) is 14.1. The summed E-state index contributed by atoms with van der Waals surface area (Å²) in [5.41, 5.74) is 3.17. The quantitative estimate of drug-likeness (QED) is 0.226. The van der Waals surface area contributed by atoms with Crippen LogP contribution >= 0.6 is 0 Å². The van der Waals surface area contributed by atoms with Crippen LogP contribution in [-0.4, -0.2) is 32.2 Å². The molecule has 0 unspecified atom stereocenters. The number of nitrogens with zero attached hydrogens (tertiary/aromatic N) is 3. The first-order valence-electron chi connectivity index (χ1n) is 7.99. The summed E-state index contributed by atoms with van der Waals surface area (Å²) in [6, 6.07) is 0. The number of hydrogen-bond donors (Lipinski definition) is 0. The number of aliphatic imine (C=N–C) groups is 3. The van der Waals surface area contributed by atoms with Crippen molar-refractivity contribution < 1.29 is 4.39 Å². The van der Waals surface area contributed by atoms with Crippen LogP contribution in [-0.2, 0) is 0 Å². The molecule has 0 aliphatic rings. The summed E-state index contributed by atoms with van der Waals surface area (Å²) in [5, 5.41) is 0. The Morgan fingerprint density at radius 2 is 2.04 bits per heavy atom. The number of halogens is 1. The minimum atomic E-state index is -0.694. The highest BCUT2D eigenvalue weighted by Crippen LogP contribution is 2.05. The van der Waals surface area contributed by atoms with Crippen molar-refractivity contribution in [3.63, 3.8) is 0 Å². The first-order valence-corrected chi connectivity index (χ1v) is 7.99. The zero-order chi connectivity index (χ0) is 18.0. The molecule has 0 N–H and O–H groups in total. The van der Waals surface area contributed by atoms with Crippen LogP contribution in [0.1, 0.15) is 27.2 Å². The van der Waals surface area contributed by atoms with Gasteiger partial charge in [0, 0.05) is 37.0 Å². The first kappa shape index (κ1) is 21.7. The second-order valence-electron chi connectivity index (χ2n) is 5.13. The molecule has 0 heterocycles. The maximum atomic E-state index is 12.1. The number of hydrogen-bond acceptors (Lipinski definition) is 3. The molecule has 0 fully saturated rings. The third kappa shape index (κ3) is 13.4. The Morgan fingerprint density at radius 1 is 1.25 bits per heavy atom. The monoisotopic (exact) mass is 327 g/mol. The van der Waals surface area contributed by atoms with Crippen LogP contribution in [0.2, 0.25) is 6.32 Å². The third-order valence-electron chi connectivity index (χ3n) is 2.95. The van der Waals surface area contributed by atoms with Gasteiger partial charge in [-0.25, -0.2) is 4.39 Å². The smallest absolute Gasteiger partial charge is 0.179 e. The van der Waals surface area contributed by atoms with E-state index in [1.165, 1.54) is 5.57 Å². The summed E-state index contributed by atoms with van der Waals surface area (Å²) >= 11 is 0. The van der Waals surface area contributed by atoms with Crippen molar-refractivity contribution >= 4 is 25.4 Å². The summed E-state index contributed by atoms with van der Waals surface area (Å²) < 4.78 is 12.1. The van der Waals surface area contributed by atoms with Crippen LogP contribution in [0.25, 0.3) is 0 Å². The Balaban J connectivity index is 4.43. The van der Waals surface area contributed by atoms with E-state index >= 15 is 0 Å². The van der Waals surface area contributed by atoms with Crippen LogP contribution in [0, 0.1) is 0 Å². The molecule has 0 aromatic rings. The van der Waals surface area contributed by atoms with E-state index < -0.39 is 6.80 Å². The molecular formula is C19H27BFN3. The van der Waals surface area contributed by atoms with Gasteiger partial charge in [-0.1, -0.05) is 48.2 Å². The predicted octanol–water partition coefficient (Wildman–Crippen LogP) is 4.82. The fourth-order valence-corrected chi connectivity index (χ4v) is 1.68. The van der Waals surface area contributed by atoms with Crippen molar-refractivity contribution in [3.05, 3.63) is 60.4 Å². The van der Waals surface area contributed by atoms with Crippen LogP contribution in [0.5, 0.6) is 0 Å².